The number of aromatic amines is 1. The van der Waals surface area contributed by atoms with Gasteiger partial charge in [0.05, 0.1) is 5.39 Å². The Hall–Kier alpha value is -2.08. The molecule has 0 saturated carbocycles. The van der Waals surface area contributed by atoms with Crippen LogP contribution in [-0.2, 0) is 12.8 Å². The number of pyridine rings is 1. The minimum atomic E-state index is -0.217. The molecule has 0 bridgehead atoms. The molecule has 0 unspecified atom stereocenters. The summed E-state index contributed by atoms with van der Waals surface area (Å²) in [5.74, 6) is 0.433. The smallest absolute Gasteiger partial charge is 0.260 e. The highest BCUT2D eigenvalue weighted by atomic mass is 79.9. The van der Waals surface area contributed by atoms with E-state index in [1.165, 1.54) is 12.1 Å². The number of fused-ring (bicyclic) bond motifs is 1. The standard InChI is InChI=1S/C17H15BrFN3O/c18-12-9-14-16(20-10-12)21-15(22-17(14)23)4-2-1-3-11-5-7-13(19)8-6-11/h5-10H,1-4H2,(H,20,21,22,23). The summed E-state index contributed by atoms with van der Waals surface area (Å²) >= 11 is 3.30. The molecule has 3 aromatic rings. The molecule has 118 valence electrons. The van der Waals surface area contributed by atoms with Crippen molar-refractivity contribution in [1.29, 1.82) is 0 Å². The van der Waals surface area contributed by atoms with Gasteiger partial charge in [-0.1, -0.05) is 12.1 Å². The number of nitrogens with zero attached hydrogens (tertiary/aromatic N) is 2. The molecule has 0 fully saturated rings. The molecular formula is C17H15BrFN3O. The van der Waals surface area contributed by atoms with Crippen molar-refractivity contribution < 1.29 is 4.39 Å². The minimum Gasteiger partial charge on any atom is -0.310 e. The third-order valence-electron chi connectivity index (χ3n) is 3.62. The molecule has 4 nitrogen and oxygen atoms in total. The molecule has 2 aromatic heterocycles. The zero-order chi connectivity index (χ0) is 16.2. The van der Waals surface area contributed by atoms with Crippen LogP contribution >= 0.6 is 15.9 Å². The van der Waals surface area contributed by atoms with Crippen molar-refractivity contribution in [3.63, 3.8) is 0 Å². The summed E-state index contributed by atoms with van der Waals surface area (Å²) in [6, 6.07) is 8.26. The number of aryl methyl sites for hydroxylation is 2. The summed E-state index contributed by atoms with van der Waals surface area (Å²) in [4.78, 5) is 23.4. The highest BCUT2D eigenvalue weighted by Crippen LogP contribution is 2.13. The van der Waals surface area contributed by atoms with E-state index in [1.807, 2.05) is 0 Å². The van der Waals surface area contributed by atoms with Crippen LogP contribution in [0.3, 0.4) is 0 Å². The van der Waals surface area contributed by atoms with Crippen LogP contribution in [0.2, 0.25) is 0 Å². The number of halogens is 2. The Balaban J connectivity index is 1.62. The highest BCUT2D eigenvalue weighted by molar-refractivity contribution is 9.10. The van der Waals surface area contributed by atoms with Gasteiger partial charge in [0.15, 0.2) is 5.65 Å². The fourth-order valence-electron chi connectivity index (χ4n) is 2.43. The van der Waals surface area contributed by atoms with Crippen LogP contribution in [0.25, 0.3) is 11.0 Å². The van der Waals surface area contributed by atoms with Crippen LogP contribution in [0.15, 0.2) is 45.8 Å². The van der Waals surface area contributed by atoms with Crippen molar-refractivity contribution in [2.24, 2.45) is 0 Å². The molecule has 0 radical (unpaired) electrons. The SMILES string of the molecule is O=c1[nH]c(CCCCc2ccc(F)cc2)nc2ncc(Br)cc12. The van der Waals surface area contributed by atoms with E-state index in [2.05, 4.69) is 30.9 Å². The predicted molar refractivity (Wildman–Crippen MR) is 90.9 cm³/mol. The van der Waals surface area contributed by atoms with Gasteiger partial charge in [0.25, 0.3) is 5.56 Å². The number of hydrogen-bond donors (Lipinski definition) is 1. The number of nitrogens with one attached hydrogen (secondary N) is 1. The maximum atomic E-state index is 12.8. The van der Waals surface area contributed by atoms with E-state index < -0.39 is 0 Å². The van der Waals surface area contributed by atoms with Crippen LogP contribution in [0.4, 0.5) is 4.39 Å². The van der Waals surface area contributed by atoms with E-state index >= 15 is 0 Å². The fourth-order valence-corrected chi connectivity index (χ4v) is 2.76. The Morgan fingerprint density at radius 3 is 2.65 bits per heavy atom. The van der Waals surface area contributed by atoms with Gasteiger partial charge in [-0.3, -0.25) is 4.79 Å². The molecule has 0 amide bonds. The average molecular weight is 376 g/mol. The lowest BCUT2D eigenvalue weighted by Gasteiger charge is -2.04. The molecule has 0 aliphatic rings. The van der Waals surface area contributed by atoms with Gasteiger partial charge < -0.3 is 4.98 Å². The molecule has 1 N–H and O–H groups in total. The van der Waals surface area contributed by atoms with E-state index in [9.17, 15) is 9.18 Å². The molecule has 0 aliphatic carbocycles. The Bertz CT molecular complexity index is 877. The summed E-state index contributed by atoms with van der Waals surface area (Å²) in [7, 11) is 0. The van der Waals surface area contributed by atoms with Crippen molar-refractivity contribution in [3.05, 3.63) is 68.6 Å². The summed E-state index contributed by atoms with van der Waals surface area (Å²) in [5.41, 5.74) is 1.40. The first kappa shape index (κ1) is 15.8. The second kappa shape index (κ2) is 7.00. The lowest BCUT2D eigenvalue weighted by molar-refractivity contribution is 0.626. The van der Waals surface area contributed by atoms with Crippen LogP contribution in [0, 0.1) is 5.82 Å². The molecule has 0 saturated heterocycles. The highest BCUT2D eigenvalue weighted by Gasteiger charge is 2.05. The van der Waals surface area contributed by atoms with E-state index in [0.29, 0.717) is 23.3 Å². The molecule has 2 heterocycles. The van der Waals surface area contributed by atoms with Gasteiger partial charge in [0.2, 0.25) is 0 Å². The summed E-state index contributed by atoms with van der Waals surface area (Å²) in [6.45, 7) is 0. The summed E-state index contributed by atoms with van der Waals surface area (Å²) in [5, 5.41) is 0.481. The number of hydrogen-bond acceptors (Lipinski definition) is 3. The van der Waals surface area contributed by atoms with Crippen molar-refractivity contribution in [1.82, 2.24) is 15.0 Å². The minimum absolute atomic E-state index is 0.169. The Kier molecular flexibility index (Phi) is 4.81. The number of benzene rings is 1. The second-order valence-corrected chi connectivity index (χ2v) is 6.29. The first-order valence-corrected chi connectivity index (χ1v) is 8.20. The third kappa shape index (κ3) is 4.01. The van der Waals surface area contributed by atoms with Crippen molar-refractivity contribution >= 4 is 27.0 Å². The van der Waals surface area contributed by atoms with Crippen molar-refractivity contribution in [2.75, 3.05) is 0 Å². The predicted octanol–water partition coefficient (Wildman–Crippen LogP) is 3.79. The number of H-pyrrole nitrogens is 1. The maximum Gasteiger partial charge on any atom is 0.260 e. The fraction of sp³-hybridized carbons (Fsp3) is 0.235. The van der Waals surface area contributed by atoms with E-state index in [1.54, 1.807) is 24.4 Å². The molecule has 1 aromatic carbocycles. The average Bonchev–Trinajstić information content (AvgIpc) is 2.54. The lowest BCUT2D eigenvalue weighted by Crippen LogP contribution is -2.12. The lowest BCUT2D eigenvalue weighted by atomic mass is 10.1. The van der Waals surface area contributed by atoms with Gasteiger partial charge in [0, 0.05) is 17.1 Å². The Labute approximate surface area is 140 Å². The second-order valence-electron chi connectivity index (χ2n) is 5.37. The van der Waals surface area contributed by atoms with Crippen molar-refractivity contribution in [3.8, 4) is 0 Å². The Morgan fingerprint density at radius 1 is 1.13 bits per heavy atom. The normalized spacial score (nSPS) is 11.0. The maximum absolute atomic E-state index is 12.8. The van der Waals surface area contributed by atoms with Crippen LogP contribution in [-0.4, -0.2) is 15.0 Å². The van der Waals surface area contributed by atoms with E-state index in [0.717, 1.165) is 29.3 Å². The van der Waals surface area contributed by atoms with Gasteiger partial charge in [-0.05, 0) is 59.0 Å². The summed E-state index contributed by atoms with van der Waals surface area (Å²) in [6.07, 6.45) is 5.03. The molecule has 0 spiro atoms. The first-order chi connectivity index (χ1) is 11.1. The molecular weight excluding hydrogens is 361 g/mol. The van der Waals surface area contributed by atoms with Gasteiger partial charge in [-0.25, -0.2) is 14.4 Å². The van der Waals surface area contributed by atoms with Gasteiger partial charge in [-0.15, -0.1) is 0 Å². The molecule has 0 atom stereocenters. The van der Waals surface area contributed by atoms with Crippen LogP contribution in [0.1, 0.15) is 24.2 Å². The van der Waals surface area contributed by atoms with Gasteiger partial charge >= 0.3 is 0 Å². The zero-order valence-corrected chi connectivity index (χ0v) is 13.9. The van der Waals surface area contributed by atoms with E-state index in [-0.39, 0.29) is 11.4 Å². The Morgan fingerprint density at radius 2 is 1.87 bits per heavy atom. The van der Waals surface area contributed by atoms with Crippen LogP contribution < -0.4 is 5.56 Å². The molecule has 6 heteroatoms. The number of unbranched alkanes of at least 4 members (excludes halogenated alkanes) is 1. The number of aromatic nitrogens is 3. The molecule has 3 rings (SSSR count). The molecule has 23 heavy (non-hydrogen) atoms. The van der Waals surface area contributed by atoms with Crippen LogP contribution in [0.5, 0.6) is 0 Å². The summed E-state index contributed by atoms with van der Waals surface area (Å²) < 4.78 is 13.6. The van der Waals surface area contributed by atoms with Crippen molar-refractivity contribution in [2.45, 2.75) is 25.7 Å². The zero-order valence-electron chi connectivity index (χ0n) is 12.4. The largest absolute Gasteiger partial charge is 0.310 e. The third-order valence-corrected chi connectivity index (χ3v) is 4.05. The van der Waals surface area contributed by atoms with E-state index in [4.69, 9.17) is 0 Å². The van der Waals surface area contributed by atoms with Gasteiger partial charge in [0.1, 0.15) is 11.6 Å². The topological polar surface area (TPSA) is 58.6 Å². The number of rotatable bonds is 5. The quantitative estimate of drug-likeness (QED) is 0.690. The molecule has 0 aliphatic heterocycles. The monoisotopic (exact) mass is 375 g/mol. The first-order valence-electron chi connectivity index (χ1n) is 7.41. The van der Waals surface area contributed by atoms with Gasteiger partial charge in [-0.2, -0.15) is 0 Å².